The molecule has 116 valence electrons. The fraction of sp³-hybridized carbons (Fsp3) is 0.133. The van der Waals surface area contributed by atoms with E-state index in [2.05, 4.69) is 4.99 Å². The molecule has 0 amide bonds. The first-order valence-electron chi connectivity index (χ1n) is 6.72. The van der Waals surface area contributed by atoms with Crippen LogP contribution in [0.5, 0.6) is 0 Å². The van der Waals surface area contributed by atoms with E-state index in [1.807, 2.05) is 30.3 Å². The van der Waals surface area contributed by atoms with Crippen LogP contribution in [-0.2, 0) is 12.1 Å². The highest BCUT2D eigenvalue weighted by Gasteiger charge is 2.49. The van der Waals surface area contributed by atoms with Gasteiger partial charge in [0.1, 0.15) is 29.6 Å². The maximum atomic E-state index is 12.3. The topological polar surface area (TPSA) is 137 Å². The highest BCUT2D eigenvalue weighted by molar-refractivity contribution is 7.06. The van der Waals surface area contributed by atoms with Gasteiger partial charge >= 0.3 is 4.87 Å². The van der Waals surface area contributed by atoms with Crippen LogP contribution >= 0.6 is 11.3 Å². The van der Waals surface area contributed by atoms with Gasteiger partial charge in [0.25, 0.3) is 5.54 Å². The summed E-state index contributed by atoms with van der Waals surface area (Å²) in [7, 11) is 0. The molecule has 2 aromatic rings. The smallest absolute Gasteiger partial charge is 0.328 e. The molecule has 3 rings (SSSR count). The van der Waals surface area contributed by atoms with Gasteiger partial charge in [-0.1, -0.05) is 30.3 Å². The van der Waals surface area contributed by atoms with Crippen molar-refractivity contribution in [1.82, 2.24) is 9.36 Å². The zero-order valence-electron chi connectivity index (χ0n) is 12.2. The summed E-state index contributed by atoms with van der Waals surface area (Å²) in [6.45, 7) is 0.294. The van der Waals surface area contributed by atoms with E-state index < -0.39 is 10.4 Å². The zero-order valence-corrected chi connectivity index (χ0v) is 13.0. The van der Waals surface area contributed by atoms with Gasteiger partial charge in [-0.3, -0.25) is 9.79 Å². The first-order valence-corrected chi connectivity index (χ1v) is 7.54. The van der Waals surface area contributed by atoms with E-state index in [1.165, 1.54) is 4.68 Å². The lowest BCUT2D eigenvalue weighted by molar-refractivity contribution is 0.488. The normalized spacial score (nSPS) is 15.5. The van der Waals surface area contributed by atoms with Gasteiger partial charge in [0.05, 0.1) is 6.54 Å². The van der Waals surface area contributed by atoms with E-state index in [0.29, 0.717) is 6.54 Å². The number of aromatic nitrogens is 2. The number of nitrogens with zero attached hydrogens (tertiary/aromatic N) is 6. The quantitative estimate of drug-likeness (QED) is 0.837. The van der Waals surface area contributed by atoms with E-state index in [9.17, 15) is 20.6 Å². The van der Waals surface area contributed by atoms with Crippen molar-refractivity contribution in [1.29, 1.82) is 15.8 Å². The van der Waals surface area contributed by atoms with Crippen molar-refractivity contribution in [3.8, 4) is 18.2 Å². The molecular weight excluding hydrogens is 326 g/mol. The average Bonchev–Trinajstić information content (AvgIpc) is 3.07. The minimum Gasteiger partial charge on any atom is -0.383 e. The molecule has 2 heterocycles. The number of hydrogen-bond donors (Lipinski definition) is 1. The zero-order chi connectivity index (χ0) is 17.3. The average molecular weight is 335 g/mol. The third-order valence-electron chi connectivity index (χ3n) is 3.57. The van der Waals surface area contributed by atoms with Crippen LogP contribution < -0.4 is 15.4 Å². The van der Waals surface area contributed by atoms with Crippen molar-refractivity contribution >= 4 is 17.2 Å². The summed E-state index contributed by atoms with van der Waals surface area (Å²) in [4.78, 5) is 16.3. The Morgan fingerprint density at radius 3 is 2.46 bits per heavy atom. The fourth-order valence-corrected chi connectivity index (χ4v) is 3.29. The van der Waals surface area contributed by atoms with Gasteiger partial charge < -0.3 is 5.73 Å². The summed E-state index contributed by atoms with van der Waals surface area (Å²) < 4.78 is 2.05. The Labute approximate surface area is 139 Å². The lowest BCUT2D eigenvalue weighted by Gasteiger charge is -2.11. The van der Waals surface area contributed by atoms with Crippen LogP contribution in [-0.4, -0.2) is 9.36 Å². The Balaban J connectivity index is 2.24. The second-order valence-electron chi connectivity index (χ2n) is 4.88. The van der Waals surface area contributed by atoms with E-state index in [1.54, 1.807) is 18.2 Å². The Morgan fingerprint density at radius 1 is 1.21 bits per heavy atom. The van der Waals surface area contributed by atoms with E-state index in [-0.39, 0.29) is 16.2 Å². The predicted molar refractivity (Wildman–Crippen MR) is 84.5 cm³/mol. The van der Waals surface area contributed by atoms with Gasteiger partial charge in [-0.2, -0.15) is 20.5 Å². The molecule has 9 heteroatoms. The molecule has 1 aromatic carbocycles. The fourth-order valence-electron chi connectivity index (χ4n) is 2.44. The molecule has 0 radical (unpaired) electrons. The number of nitrogens with two attached hydrogens (primary N) is 1. The minimum atomic E-state index is -2.06. The second-order valence-corrected chi connectivity index (χ2v) is 5.80. The van der Waals surface area contributed by atoms with Crippen molar-refractivity contribution in [3.05, 3.63) is 55.9 Å². The predicted octanol–water partition coefficient (Wildman–Crippen LogP) is 0.219. The summed E-state index contributed by atoms with van der Waals surface area (Å²) in [6.07, 6.45) is 0. The lowest BCUT2D eigenvalue weighted by atomic mass is 9.95. The van der Waals surface area contributed by atoms with Crippen molar-refractivity contribution in [2.24, 2.45) is 10.7 Å². The molecule has 1 aliphatic heterocycles. The molecule has 1 aliphatic rings. The van der Waals surface area contributed by atoms with Crippen LogP contribution in [0.4, 0.5) is 0 Å². The van der Waals surface area contributed by atoms with Crippen molar-refractivity contribution in [2.45, 2.75) is 12.1 Å². The first kappa shape index (κ1) is 15.3. The highest BCUT2D eigenvalue weighted by atomic mass is 32.1. The minimum absolute atomic E-state index is 0.134. The Bertz CT molecular complexity index is 1080. The first-order chi connectivity index (χ1) is 11.6. The van der Waals surface area contributed by atoms with Crippen LogP contribution in [0.1, 0.15) is 5.56 Å². The Kier molecular flexibility index (Phi) is 3.53. The van der Waals surface area contributed by atoms with E-state index in [0.717, 1.165) is 21.6 Å². The van der Waals surface area contributed by atoms with E-state index >= 15 is 0 Å². The van der Waals surface area contributed by atoms with Crippen LogP contribution in [0.3, 0.4) is 0 Å². The maximum absolute atomic E-state index is 12.3. The van der Waals surface area contributed by atoms with Gasteiger partial charge in [-0.05, 0) is 16.9 Å². The molecule has 0 aliphatic carbocycles. The number of fused-ring (bicyclic) bond motifs is 1. The molecule has 0 saturated heterocycles. The third-order valence-corrected chi connectivity index (χ3v) is 4.40. The molecule has 24 heavy (non-hydrogen) atoms. The number of hydrogen-bond acceptors (Lipinski definition) is 7. The molecule has 0 bridgehead atoms. The number of nitriles is 3. The summed E-state index contributed by atoms with van der Waals surface area (Å²) in [5.74, 6) is -0.134. The SMILES string of the molecule is N#CC1=C(N)n2c(=NCc3ccccc3)sc(=O)n2C1(C#N)C#N. The number of allylic oxidation sites excluding steroid dienone is 1. The van der Waals surface area contributed by atoms with Gasteiger partial charge in [0, 0.05) is 0 Å². The monoisotopic (exact) mass is 335 g/mol. The van der Waals surface area contributed by atoms with Crippen LogP contribution in [0.15, 0.2) is 45.7 Å². The molecule has 0 saturated carbocycles. The van der Waals surface area contributed by atoms with Gasteiger partial charge in [-0.15, -0.1) is 0 Å². The summed E-state index contributed by atoms with van der Waals surface area (Å²) in [5, 5.41) is 28.1. The summed E-state index contributed by atoms with van der Waals surface area (Å²) in [6, 6.07) is 14.6. The van der Waals surface area contributed by atoms with Crippen LogP contribution in [0.25, 0.3) is 5.82 Å². The number of rotatable bonds is 2. The summed E-state index contributed by atoms with van der Waals surface area (Å²) in [5.41, 5.74) is 4.51. The largest absolute Gasteiger partial charge is 0.383 e. The Morgan fingerprint density at radius 2 is 1.88 bits per heavy atom. The standard InChI is InChI=1S/C15H9N7OS/c16-6-11-12(19)21-13(20-7-10-4-2-1-3-5-10)24-14(23)22(21)15(11,8-17)9-18/h1-5H,7,19H2. The van der Waals surface area contributed by atoms with Crippen molar-refractivity contribution in [3.63, 3.8) is 0 Å². The summed E-state index contributed by atoms with van der Waals surface area (Å²) >= 11 is 0.763. The molecule has 2 N–H and O–H groups in total. The van der Waals surface area contributed by atoms with E-state index in [4.69, 9.17) is 5.73 Å². The van der Waals surface area contributed by atoms with Crippen molar-refractivity contribution < 1.29 is 0 Å². The molecular formula is C15H9N7OS. The van der Waals surface area contributed by atoms with Gasteiger partial charge in [0.15, 0.2) is 0 Å². The van der Waals surface area contributed by atoms with Crippen LogP contribution in [0.2, 0.25) is 0 Å². The molecule has 1 aromatic heterocycles. The molecule has 0 atom stereocenters. The second kappa shape index (κ2) is 5.54. The molecule has 0 fully saturated rings. The van der Waals surface area contributed by atoms with Gasteiger partial charge in [-0.25, -0.2) is 4.68 Å². The van der Waals surface area contributed by atoms with Gasteiger partial charge in [0.2, 0.25) is 4.80 Å². The Hall–Kier alpha value is -3.61. The highest BCUT2D eigenvalue weighted by Crippen LogP contribution is 2.31. The molecule has 0 unspecified atom stereocenters. The van der Waals surface area contributed by atoms with Crippen LogP contribution in [0, 0.1) is 34.0 Å². The van der Waals surface area contributed by atoms with Crippen molar-refractivity contribution in [2.75, 3.05) is 0 Å². The lowest BCUT2D eigenvalue weighted by Crippen LogP contribution is -2.38. The third kappa shape index (κ3) is 1.95. The maximum Gasteiger partial charge on any atom is 0.328 e. The molecule has 0 spiro atoms. The number of benzene rings is 1. The molecule has 8 nitrogen and oxygen atoms in total.